The molecule has 11 nitrogen and oxygen atoms in total. The minimum atomic E-state index is -4.02. The summed E-state index contributed by atoms with van der Waals surface area (Å²) in [5.74, 6) is 0. The van der Waals surface area contributed by atoms with Gasteiger partial charge in [0, 0.05) is 68.9 Å². The van der Waals surface area contributed by atoms with E-state index in [-0.39, 0.29) is 69.2 Å². The van der Waals surface area contributed by atoms with Gasteiger partial charge in [0.2, 0.25) is 20.0 Å². The largest absolute Gasteiger partial charge is 0.522 e. The number of halogens is 2. The Morgan fingerprint density at radius 3 is 1.98 bits per heavy atom. The lowest BCUT2D eigenvalue weighted by atomic mass is 9.89. The zero-order chi connectivity index (χ0) is 34.7. The van der Waals surface area contributed by atoms with Crippen molar-refractivity contribution >= 4 is 66.0 Å². The van der Waals surface area contributed by atoms with E-state index in [1.54, 1.807) is 6.07 Å². The second-order valence-corrected chi connectivity index (χ2v) is 17.3. The number of nitrogens with zero attached hydrogens (tertiary/aromatic N) is 3. The summed E-state index contributed by atoms with van der Waals surface area (Å²) < 4.78 is 68.8. The highest BCUT2D eigenvalue weighted by molar-refractivity contribution is 7.89. The molecule has 0 N–H and O–H groups in total. The molecule has 7 rings (SSSR count). The molecule has 0 radical (unpaired) electrons. The minimum absolute atomic E-state index is 0.0410. The Morgan fingerprint density at radius 1 is 0.755 bits per heavy atom. The summed E-state index contributed by atoms with van der Waals surface area (Å²) >= 11 is 12.6. The number of piperidine rings is 2. The van der Waals surface area contributed by atoms with Gasteiger partial charge in [-0.2, -0.15) is 17.9 Å². The summed E-state index contributed by atoms with van der Waals surface area (Å²) in [7, 11) is -7.93. The molecule has 1 unspecified atom stereocenters. The Labute approximate surface area is 294 Å². The summed E-state index contributed by atoms with van der Waals surface area (Å²) in [5, 5.41) is 0.576. The lowest BCUT2D eigenvalue weighted by Crippen LogP contribution is -2.71. The van der Waals surface area contributed by atoms with Crippen molar-refractivity contribution in [2.75, 3.05) is 26.2 Å². The topological polar surface area (TPSA) is 131 Å². The zero-order valence-electron chi connectivity index (χ0n) is 26.5. The van der Waals surface area contributed by atoms with E-state index < -0.39 is 31.8 Å². The third-order valence-electron chi connectivity index (χ3n) is 10.1. The van der Waals surface area contributed by atoms with Gasteiger partial charge in [-0.3, -0.25) is 0 Å². The molecule has 4 aromatic rings. The van der Waals surface area contributed by atoms with Crippen LogP contribution in [0, 0.1) is 6.92 Å². The molecule has 49 heavy (non-hydrogen) atoms. The first-order chi connectivity index (χ1) is 23.3. The molecule has 15 heteroatoms. The van der Waals surface area contributed by atoms with Crippen LogP contribution in [0.1, 0.15) is 36.8 Å². The number of carbonyl (C=O) groups excluding carboxylic acids is 1. The average Bonchev–Trinajstić information content (AvgIpc) is 3.08. The first-order valence-corrected chi connectivity index (χ1v) is 19.6. The number of ether oxygens (including phenoxy) is 1. The monoisotopic (exact) mass is 746 g/mol. The number of rotatable bonds is 6. The van der Waals surface area contributed by atoms with Crippen LogP contribution < -0.4 is 10.1 Å². The van der Waals surface area contributed by atoms with Gasteiger partial charge in [0.25, 0.3) is 0 Å². The van der Waals surface area contributed by atoms with E-state index in [1.165, 1.54) is 51.1 Å². The van der Waals surface area contributed by atoms with Crippen molar-refractivity contribution in [1.29, 1.82) is 0 Å². The van der Waals surface area contributed by atoms with Gasteiger partial charge in [-0.15, -0.1) is 0 Å². The van der Waals surface area contributed by atoms with E-state index in [0.717, 1.165) is 16.8 Å². The molecule has 0 spiro atoms. The second kappa shape index (κ2) is 12.8. The number of aryl methyl sites for hydroxylation is 1. The van der Waals surface area contributed by atoms with Crippen LogP contribution in [0.5, 0.6) is 0 Å². The first kappa shape index (κ1) is 34.2. The normalized spacial score (nSPS) is 21.8. The fourth-order valence-corrected chi connectivity index (χ4v) is 11.9. The van der Waals surface area contributed by atoms with Crippen molar-refractivity contribution in [1.82, 2.24) is 13.1 Å². The van der Waals surface area contributed by atoms with E-state index in [9.17, 15) is 26.4 Å². The SMILES string of the molecule is Cc1cccc2c1[N+](C1CCN(S(=O)(=O)c3ccc4oc(=O)ccc4c3)CC1)(C1CCN(S(=O)(=O)c3c(Cl)cccc3Cl)CC1)C(=O)OC2. The third kappa shape index (κ3) is 5.69. The predicted octanol–water partition coefficient (Wildman–Crippen LogP) is 6.07. The molecule has 1 amide bonds. The molecule has 1 atom stereocenters. The summed E-state index contributed by atoms with van der Waals surface area (Å²) in [6, 6.07) is 16.9. The number of fused-ring (bicyclic) bond motifs is 2. The maximum atomic E-state index is 14.3. The van der Waals surface area contributed by atoms with Gasteiger partial charge >= 0.3 is 11.7 Å². The molecule has 3 aliphatic heterocycles. The van der Waals surface area contributed by atoms with Gasteiger partial charge < -0.3 is 9.15 Å². The zero-order valence-corrected chi connectivity index (χ0v) is 29.7. The van der Waals surface area contributed by atoms with Crippen molar-refractivity contribution in [3.8, 4) is 0 Å². The van der Waals surface area contributed by atoms with Crippen LogP contribution in [-0.2, 0) is 31.4 Å². The van der Waals surface area contributed by atoms with Gasteiger partial charge in [-0.25, -0.2) is 21.6 Å². The number of sulfonamides is 2. The average molecular weight is 748 g/mol. The number of para-hydroxylation sites is 1. The lowest BCUT2D eigenvalue weighted by Gasteiger charge is -2.52. The fraction of sp³-hybridized carbons (Fsp3) is 0.353. The van der Waals surface area contributed by atoms with Crippen molar-refractivity contribution in [3.63, 3.8) is 0 Å². The van der Waals surface area contributed by atoms with E-state index in [0.29, 0.717) is 36.7 Å². The molecule has 0 saturated carbocycles. The van der Waals surface area contributed by atoms with Crippen LogP contribution in [0.4, 0.5) is 10.5 Å². The molecular weight excluding hydrogens is 713 g/mol. The van der Waals surface area contributed by atoms with Gasteiger partial charge in [-0.1, -0.05) is 41.4 Å². The van der Waals surface area contributed by atoms with Crippen molar-refractivity contribution in [2.24, 2.45) is 0 Å². The Bertz CT molecular complexity index is 2230. The van der Waals surface area contributed by atoms with Crippen LogP contribution in [0.2, 0.25) is 10.0 Å². The molecule has 1 aromatic heterocycles. The van der Waals surface area contributed by atoms with E-state index >= 15 is 0 Å². The van der Waals surface area contributed by atoms with Crippen LogP contribution >= 0.6 is 23.2 Å². The summed E-state index contributed by atoms with van der Waals surface area (Å²) in [5.41, 5.74) is 2.43. The molecule has 2 saturated heterocycles. The Morgan fingerprint density at radius 2 is 1.35 bits per heavy atom. The van der Waals surface area contributed by atoms with E-state index in [1.807, 2.05) is 25.1 Å². The van der Waals surface area contributed by atoms with Gasteiger partial charge in [0.1, 0.15) is 29.2 Å². The number of cyclic esters (lactones) is 1. The fourth-order valence-electron chi connectivity index (χ4n) is 7.86. The number of carbonyl (C=O) groups is 1. The number of hydrogen-bond acceptors (Lipinski definition) is 8. The lowest BCUT2D eigenvalue weighted by molar-refractivity contribution is 0.0267. The third-order valence-corrected chi connectivity index (χ3v) is 14.8. The quantitative estimate of drug-likeness (QED) is 0.172. The Hall–Kier alpha value is -3.30. The summed E-state index contributed by atoms with van der Waals surface area (Å²) in [6.45, 7) is 2.70. The molecule has 2 fully saturated rings. The maximum absolute atomic E-state index is 14.3. The highest BCUT2D eigenvalue weighted by Gasteiger charge is 2.59. The van der Waals surface area contributed by atoms with Crippen LogP contribution in [0.3, 0.4) is 0 Å². The summed E-state index contributed by atoms with van der Waals surface area (Å²) in [6.07, 6.45) is 1.05. The summed E-state index contributed by atoms with van der Waals surface area (Å²) in [4.78, 5) is 25.8. The second-order valence-electron chi connectivity index (χ2n) is 12.7. The van der Waals surface area contributed by atoms with Crippen LogP contribution in [0.25, 0.3) is 11.0 Å². The smallest absolute Gasteiger partial charge is 0.423 e. The van der Waals surface area contributed by atoms with E-state index in [2.05, 4.69) is 0 Å². The number of quaternary nitrogens is 1. The molecule has 3 aliphatic rings. The van der Waals surface area contributed by atoms with Crippen LogP contribution in [0.15, 0.2) is 85.7 Å². The van der Waals surface area contributed by atoms with Crippen molar-refractivity contribution in [3.05, 3.63) is 98.3 Å². The Kier molecular flexibility index (Phi) is 8.92. The first-order valence-electron chi connectivity index (χ1n) is 16.0. The number of amides is 1. The minimum Gasteiger partial charge on any atom is -0.423 e. The van der Waals surface area contributed by atoms with Crippen molar-refractivity contribution < 1.29 is 30.8 Å². The Balaban J connectivity index is 1.19. The predicted molar refractivity (Wildman–Crippen MR) is 186 cm³/mol. The van der Waals surface area contributed by atoms with E-state index in [4.69, 9.17) is 32.4 Å². The number of benzene rings is 3. The molecular formula is C34H34Cl2N3O8S2+. The highest BCUT2D eigenvalue weighted by Crippen LogP contribution is 2.46. The van der Waals surface area contributed by atoms with Gasteiger partial charge in [0.15, 0.2) is 5.69 Å². The maximum Gasteiger partial charge on any atom is 0.522 e. The molecule has 0 bridgehead atoms. The van der Waals surface area contributed by atoms with Crippen molar-refractivity contribution in [2.45, 2.75) is 61.1 Å². The van der Waals surface area contributed by atoms with Crippen LogP contribution in [-0.4, -0.2) is 69.8 Å². The number of hydrogen-bond donors (Lipinski definition) is 0. The standard InChI is InChI=1S/C34H34Cl2N3O8S2/c1-22-4-2-5-24-21-46-34(41)39(32(22)24,26-14-18-38(19-15-26)49(44,45)33-28(35)6-3-7-29(33)36)25-12-16-37(17-13-25)48(42,43)27-9-10-30-23(20-27)8-11-31(40)47-30/h2-11,20,25-26H,12-19,21H2,1H3/q+1. The van der Waals surface area contributed by atoms with Gasteiger partial charge in [0.05, 0.1) is 20.5 Å². The highest BCUT2D eigenvalue weighted by atomic mass is 35.5. The molecule has 3 aromatic carbocycles. The van der Waals surface area contributed by atoms with Gasteiger partial charge in [-0.05, 0) is 49.4 Å². The molecule has 258 valence electrons. The molecule has 0 aliphatic carbocycles. The molecule has 4 heterocycles.